The molecule has 0 aliphatic carbocycles. The Bertz CT molecular complexity index is 238. The van der Waals surface area contributed by atoms with Gasteiger partial charge in [-0.25, -0.2) is 0 Å². The van der Waals surface area contributed by atoms with E-state index in [1.54, 1.807) is 0 Å². The van der Waals surface area contributed by atoms with Gasteiger partial charge < -0.3 is 5.11 Å². The molecule has 1 rings (SSSR count). The highest BCUT2D eigenvalue weighted by atomic mass is 16.3. The molecule has 0 aromatic heterocycles. The van der Waals surface area contributed by atoms with Crippen molar-refractivity contribution < 1.29 is 5.11 Å². The fourth-order valence-electron chi connectivity index (χ4n) is 0.934. The first-order chi connectivity index (χ1) is 5.22. The highest BCUT2D eigenvalue weighted by Gasteiger charge is 2.05. The molecule has 0 radical (unpaired) electrons. The molecule has 0 fully saturated rings. The van der Waals surface area contributed by atoms with Crippen molar-refractivity contribution >= 4 is 0 Å². The van der Waals surface area contributed by atoms with Crippen molar-refractivity contribution in [2.45, 2.75) is 12.8 Å². The lowest BCUT2D eigenvalue weighted by Gasteiger charge is -2.08. The summed E-state index contributed by atoms with van der Waals surface area (Å²) in [5.74, 6) is 0.257. The fourth-order valence-corrected chi connectivity index (χ4v) is 0.934. The molecule has 0 aliphatic rings. The van der Waals surface area contributed by atoms with E-state index in [-0.39, 0.29) is 11.7 Å². The first-order valence-electron chi connectivity index (χ1n) is 3.64. The zero-order valence-corrected chi connectivity index (χ0v) is 6.62. The summed E-state index contributed by atoms with van der Waals surface area (Å²) in [7, 11) is 0. The van der Waals surface area contributed by atoms with E-state index in [9.17, 15) is 0 Å². The summed E-state index contributed by atoms with van der Waals surface area (Å²) in [6.07, 6.45) is 0. The summed E-state index contributed by atoms with van der Waals surface area (Å²) in [4.78, 5) is 0. The van der Waals surface area contributed by atoms with Crippen LogP contribution in [0.5, 0.6) is 0 Å². The number of benzene rings is 1. The van der Waals surface area contributed by atoms with Gasteiger partial charge in [0.1, 0.15) is 0 Å². The number of allylic oxidation sites excluding steroid dienone is 1. The highest BCUT2D eigenvalue weighted by molar-refractivity contribution is 5.23. The van der Waals surface area contributed by atoms with Crippen LogP contribution in [-0.2, 0) is 0 Å². The number of hydrogen-bond donors (Lipinski definition) is 1. The Kier molecular flexibility index (Phi) is 2.32. The van der Waals surface area contributed by atoms with Crippen molar-refractivity contribution in [1.29, 1.82) is 0 Å². The molecule has 1 N–H and O–H groups in total. The molecule has 0 amide bonds. The molecule has 1 aromatic carbocycles. The second kappa shape index (κ2) is 3.24. The minimum absolute atomic E-state index is 0.0381. The number of rotatable bonds is 2. The lowest BCUT2D eigenvalue weighted by Crippen LogP contribution is -1.94. The van der Waals surface area contributed by atoms with Crippen LogP contribution in [0.1, 0.15) is 18.4 Å². The van der Waals surface area contributed by atoms with E-state index in [1.807, 2.05) is 37.3 Å². The summed E-state index contributed by atoms with van der Waals surface area (Å²) >= 11 is 0. The molecule has 0 saturated heterocycles. The van der Waals surface area contributed by atoms with Crippen LogP contribution in [0, 0.1) is 0 Å². The van der Waals surface area contributed by atoms with Gasteiger partial charge in [-0.05, 0) is 5.56 Å². The van der Waals surface area contributed by atoms with Crippen LogP contribution in [0.15, 0.2) is 42.7 Å². The monoisotopic (exact) mass is 148 g/mol. The van der Waals surface area contributed by atoms with Gasteiger partial charge in [0.05, 0.1) is 5.76 Å². The quantitative estimate of drug-likeness (QED) is 0.639. The molecular formula is C10H12O. The van der Waals surface area contributed by atoms with Crippen molar-refractivity contribution in [3.8, 4) is 0 Å². The van der Waals surface area contributed by atoms with Crippen LogP contribution in [0.25, 0.3) is 0 Å². The Hall–Kier alpha value is -1.24. The lowest BCUT2D eigenvalue weighted by molar-refractivity contribution is 0.378. The number of hydrogen-bond acceptors (Lipinski definition) is 1. The first kappa shape index (κ1) is 7.86. The molecule has 11 heavy (non-hydrogen) atoms. The largest absolute Gasteiger partial charge is 0.512 e. The van der Waals surface area contributed by atoms with Gasteiger partial charge in [-0.15, -0.1) is 0 Å². The van der Waals surface area contributed by atoms with Crippen LogP contribution >= 0.6 is 0 Å². The van der Waals surface area contributed by atoms with Crippen LogP contribution < -0.4 is 0 Å². The first-order valence-corrected chi connectivity index (χ1v) is 3.64. The minimum atomic E-state index is 0.0381. The van der Waals surface area contributed by atoms with Gasteiger partial charge in [0.15, 0.2) is 0 Å². The minimum Gasteiger partial charge on any atom is -0.512 e. The van der Waals surface area contributed by atoms with Crippen molar-refractivity contribution in [3.63, 3.8) is 0 Å². The molecular weight excluding hydrogens is 136 g/mol. The predicted octanol–water partition coefficient (Wildman–Crippen LogP) is 2.86. The molecule has 0 bridgehead atoms. The highest BCUT2D eigenvalue weighted by Crippen LogP contribution is 2.19. The average Bonchev–Trinajstić information content (AvgIpc) is 2.05. The van der Waals surface area contributed by atoms with Gasteiger partial charge in [0.2, 0.25) is 0 Å². The Labute approximate surface area is 67.0 Å². The topological polar surface area (TPSA) is 20.2 Å². The predicted molar refractivity (Wildman–Crippen MR) is 46.6 cm³/mol. The van der Waals surface area contributed by atoms with E-state index < -0.39 is 0 Å². The zero-order valence-electron chi connectivity index (χ0n) is 6.62. The van der Waals surface area contributed by atoms with E-state index in [4.69, 9.17) is 5.11 Å². The standard InChI is InChI=1S/C10H12O/c1-8(9(2)11)10-6-4-3-5-7-10/h3-8,11H,2H2,1H3/t8-/m0/s1. The van der Waals surface area contributed by atoms with Gasteiger partial charge in [0.25, 0.3) is 0 Å². The molecule has 58 valence electrons. The van der Waals surface area contributed by atoms with E-state index in [0.29, 0.717) is 0 Å². The Balaban J connectivity index is 2.85. The van der Waals surface area contributed by atoms with Gasteiger partial charge >= 0.3 is 0 Å². The average molecular weight is 148 g/mol. The summed E-state index contributed by atoms with van der Waals surface area (Å²) in [5, 5.41) is 9.08. The summed E-state index contributed by atoms with van der Waals surface area (Å²) in [6, 6.07) is 9.82. The summed E-state index contributed by atoms with van der Waals surface area (Å²) in [6.45, 7) is 5.42. The number of aliphatic hydroxyl groups excluding tert-OH is 1. The molecule has 1 aromatic rings. The third kappa shape index (κ3) is 1.84. The maximum absolute atomic E-state index is 9.08. The van der Waals surface area contributed by atoms with E-state index in [0.717, 1.165) is 5.56 Å². The number of aliphatic hydroxyl groups is 1. The Morgan fingerprint density at radius 2 is 1.91 bits per heavy atom. The summed E-state index contributed by atoms with van der Waals surface area (Å²) < 4.78 is 0. The Morgan fingerprint density at radius 3 is 2.36 bits per heavy atom. The maximum Gasteiger partial charge on any atom is 0.0922 e. The normalized spacial score (nSPS) is 12.5. The maximum atomic E-state index is 9.08. The SMILES string of the molecule is C=C(O)[C@H](C)c1ccccc1. The van der Waals surface area contributed by atoms with Crippen molar-refractivity contribution in [2.24, 2.45) is 0 Å². The van der Waals surface area contributed by atoms with Crippen LogP contribution in [0.2, 0.25) is 0 Å². The van der Waals surface area contributed by atoms with Gasteiger partial charge in [0, 0.05) is 5.92 Å². The summed E-state index contributed by atoms with van der Waals surface area (Å²) in [5.41, 5.74) is 1.10. The molecule has 0 spiro atoms. The molecule has 0 saturated carbocycles. The molecule has 1 atom stereocenters. The third-order valence-corrected chi connectivity index (χ3v) is 1.80. The van der Waals surface area contributed by atoms with Crippen molar-refractivity contribution in [2.75, 3.05) is 0 Å². The Morgan fingerprint density at radius 1 is 1.36 bits per heavy atom. The molecule has 0 aliphatic heterocycles. The van der Waals surface area contributed by atoms with Crippen molar-refractivity contribution in [1.82, 2.24) is 0 Å². The molecule has 1 heteroatoms. The second-order valence-corrected chi connectivity index (χ2v) is 2.62. The van der Waals surface area contributed by atoms with Crippen molar-refractivity contribution in [3.05, 3.63) is 48.2 Å². The van der Waals surface area contributed by atoms with E-state index in [2.05, 4.69) is 6.58 Å². The fraction of sp³-hybridized carbons (Fsp3) is 0.200. The molecule has 0 heterocycles. The van der Waals surface area contributed by atoms with Gasteiger partial charge in [-0.3, -0.25) is 0 Å². The van der Waals surface area contributed by atoms with E-state index >= 15 is 0 Å². The van der Waals surface area contributed by atoms with E-state index in [1.165, 1.54) is 0 Å². The molecule has 0 unspecified atom stereocenters. The van der Waals surface area contributed by atoms with Crippen LogP contribution in [-0.4, -0.2) is 5.11 Å². The van der Waals surface area contributed by atoms with Crippen LogP contribution in [0.3, 0.4) is 0 Å². The van der Waals surface area contributed by atoms with Gasteiger partial charge in [-0.1, -0.05) is 43.8 Å². The smallest absolute Gasteiger partial charge is 0.0922 e. The molecule has 1 nitrogen and oxygen atoms in total. The second-order valence-electron chi connectivity index (χ2n) is 2.62. The lowest BCUT2D eigenvalue weighted by atomic mass is 10.0. The zero-order chi connectivity index (χ0) is 8.27. The van der Waals surface area contributed by atoms with Gasteiger partial charge in [-0.2, -0.15) is 0 Å². The van der Waals surface area contributed by atoms with Crippen LogP contribution in [0.4, 0.5) is 0 Å². The third-order valence-electron chi connectivity index (χ3n) is 1.80.